The lowest BCUT2D eigenvalue weighted by molar-refractivity contribution is -0.128. The van der Waals surface area contributed by atoms with Gasteiger partial charge in [-0.25, -0.2) is 19.2 Å². The number of nitrogens with zero attached hydrogens (tertiary/aromatic N) is 6. The van der Waals surface area contributed by atoms with Gasteiger partial charge in [0.2, 0.25) is 5.91 Å². The van der Waals surface area contributed by atoms with Crippen molar-refractivity contribution in [1.82, 2.24) is 25.1 Å². The molecule has 3 heterocycles. The summed E-state index contributed by atoms with van der Waals surface area (Å²) in [5, 5.41) is 3.60. The molecule has 4 rings (SSSR count). The lowest BCUT2D eigenvalue weighted by Gasteiger charge is -2.40. The van der Waals surface area contributed by atoms with Crippen LogP contribution >= 0.6 is 23.4 Å². The Morgan fingerprint density at radius 3 is 2.53 bits per heavy atom. The second-order valence-electron chi connectivity index (χ2n) is 8.76. The Kier molecular flexibility index (Phi) is 8.73. The highest BCUT2D eigenvalue weighted by Crippen LogP contribution is 2.25. The third-order valence-corrected chi connectivity index (χ3v) is 7.38. The molecule has 3 amide bonds. The zero-order valence-electron chi connectivity index (χ0n) is 20.5. The van der Waals surface area contributed by atoms with Crippen LogP contribution in [0.5, 0.6) is 0 Å². The van der Waals surface area contributed by atoms with Crippen LogP contribution in [0, 0.1) is 5.82 Å². The van der Waals surface area contributed by atoms with E-state index in [9.17, 15) is 14.0 Å². The van der Waals surface area contributed by atoms with Crippen molar-refractivity contribution in [3.05, 3.63) is 41.3 Å². The maximum Gasteiger partial charge on any atom is 0.317 e. The molecule has 1 aromatic heterocycles. The van der Waals surface area contributed by atoms with E-state index < -0.39 is 0 Å². The first kappa shape index (κ1) is 26.3. The van der Waals surface area contributed by atoms with E-state index in [4.69, 9.17) is 11.6 Å². The molecule has 0 radical (unpaired) electrons. The summed E-state index contributed by atoms with van der Waals surface area (Å²) in [5.74, 6) is 0.621. The second kappa shape index (κ2) is 12.0. The Labute approximate surface area is 220 Å². The van der Waals surface area contributed by atoms with E-state index in [-0.39, 0.29) is 29.6 Å². The largest absolute Gasteiger partial charge is 0.366 e. The molecule has 2 fully saturated rings. The minimum Gasteiger partial charge on any atom is -0.366 e. The maximum atomic E-state index is 14.1. The molecule has 2 aromatic rings. The minimum absolute atomic E-state index is 0.0116. The number of carbonyl (C=O) groups excluding carboxylic acids is 2. The summed E-state index contributed by atoms with van der Waals surface area (Å²) < 4.78 is 14.1. The Hall–Kier alpha value is -2.79. The number of hydrogen-bond acceptors (Lipinski definition) is 7. The lowest BCUT2D eigenvalue weighted by Crippen LogP contribution is -2.56. The predicted molar refractivity (Wildman–Crippen MR) is 140 cm³/mol. The quantitative estimate of drug-likeness (QED) is 0.346. The number of hydrogen-bond donors (Lipinski definition) is 1. The number of piperazine rings is 2. The van der Waals surface area contributed by atoms with Crippen LogP contribution in [0.3, 0.4) is 0 Å². The third kappa shape index (κ3) is 6.31. The normalized spacial score (nSPS) is 18.4. The molecule has 194 valence electrons. The average Bonchev–Trinajstić information content (AvgIpc) is 2.87. The topological polar surface area (TPSA) is 84.9 Å². The maximum absolute atomic E-state index is 14.1. The zero-order valence-corrected chi connectivity index (χ0v) is 22.1. The van der Waals surface area contributed by atoms with Crippen molar-refractivity contribution >= 4 is 46.8 Å². The van der Waals surface area contributed by atoms with Crippen molar-refractivity contribution in [2.45, 2.75) is 25.0 Å². The van der Waals surface area contributed by atoms with Crippen molar-refractivity contribution < 1.29 is 14.0 Å². The SMILES string of the molecule is CCNC(=O)N1CCN(c2cc(Cl)nc(SCC(=O)N3CCN(c4ccccc4F)CC3)n2)C[C@H]1C. The molecule has 0 aliphatic carbocycles. The van der Waals surface area contributed by atoms with Crippen LogP contribution in [-0.4, -0.2) is 95.9 Å². The molecule has 0 bridgehead atoms. The standard InChI is InChI=1S/C24H31ClFN7O2S/c1-3-27-24(35)33-13-12-32(15-17(33)2)21-14-20(25)28-23(29-21)36-16-22(34)31-10-8-30(9-11-31)19-7-5-4-6-18(19)26/h4-7,14,17H,3,8-13,15-16H2,1-2H3,(H,27,35)/t17-/m1/s1. The molecular formula is C24H31ClFN7O2S. The molecule has 9 nitrogen and oxygen atoms in total. The first-order chi connectivity index (χ1) is 17.4. The number of para-hydroxylation sites is 1. The number of carbonyl (C=O) groups is 2. The van der Waals surface area contributed by atoms with Crippen LogP contribution in [-0.2, 0) is 4.79 Å². The van der Waals surface area contributed by atoms with Crippen molar-refractivity contribution in [1.29, 1.82) is 0 Å². The fraction of sp³-hybridized carbons (Fsp3) is 0.500. The number of benzene rings is 1. The van der Waals surface area contributed by atoms with Crippen LogP contribution in [0.25, 0.3) is 0 Å². The highest BCUT2D eigenvalue weighted by molar-refractivity contribution is 7.99. The van der Waals surface area contributed by atoms with Gasteiger partial charge in [-0.3, -0.25) is 4.79 Å². The van der Waals surface area contributed by atoms with E-state index >= 15 is 0 Å². The van der Waals surface area contributed by atoms with Gasteiger partial charge in [0.05, 0.1) is 11.4 Å². The van der Waals surface area contributed by atoms with Gasteiger partial charge >= 0.3 is 6.03 Å². The number of nitrogens with one attached hydrogen (secondary N) is 1. The van der Waals surface area contributed by atoms with Crippen LogP contribution in [0.4, 0.5) is 20.7 Å². The minimum atomic E-state index is -0.248. The third-order valence-electron chi connectivity index (χ3n) is 6.35. The van der Waals surface area contributed by atoms with Gasteiger partial charge in [0.15, 0.2) is 5.16 Å². The molecular weight excluding hydrogens is 505 g/mol. The molecule has 1 aromatic carbocycles. The number of aromatic nitrogens is 2. The van der Waals surface area contributed by atoms with Crippen molar-refractivity contribution in [3.8, 4) is 0 Å². The molecule has 0 spiro atoms. The fourth-order valence-electron chi connectivity index (χ4n) is 4.45. The van der Waals surface area contributed by atoms with Crippen LogP contribution in [0.15, 0.2) is 35.5 Å². The first-order valence-corrected chi connectivity index (χ1v) is 13.5. The van der Waals surface area contributed by atoms with Crippen molar-refractivity contribution in [2.24, 2.45) is 0 Å². The smallest absolute Gasteiger partial charge is 0.317 e. The molecule has 0 unspecified atom stereocenters. The summed E-state index contributed by atoms with van der Waals surface area (Å²) in [7, 11) is 0. The average molecular weight is 536 g/mol. The number of amides is 3. The summed E-state index contributed by atoms with van der Waals surface area (Å²) >= 11 is 7.53. The number of thioether (sulfide) groups is 1. The summed E-state index contributed by atoms with van der Waals surface area (Å²) in [6.07, 6.45) is 0. The number of urea groups is 1. The highest BCUT2D eigenvalue weighted by Gasteiger charge is 2.28. The van der Waals surface area contributed by atoms with Crippen LogP contribution < -0.4 is 15.1 Å². The van der Waals surface area contributed by atoms with Gasteiger partial charge in [0.1, 0.15) is 16.8 Å². The molecule has 1 atom stereocenters. The van der Waals surface area contributed by atoms with E-state index in [0.29, 0.717) is 74.2 Å². The van der Waals surface area contributed by atoms with Gasteiger partial charge < -0.3 is 24.9 Å². The molecule has 2 aliphatic rings. The highest BCUT2D eigenvalue weighted by atomic mass is 35.5. The van der Waals surface area contributed by atoms with E-state index in [0.717, 1.165) is 0 Å². The Morgan fingerprint density at radius 2 is 1.83 bits per heavy atom. The fourth-order valence-corrected chi connectivity index (χ4v) is 5.44. The number of anilines is 2. The van der Waals surface area contributed by atoms with Crippen molar-refractivity contribution in [2.75, 3.05) is 67.9 Å². The first-order valence-electron chi connectivity index (χ1n) is 12.1. The van der Waals surface area contributed by atoms with Gasteiger partial charge in [0, 0.05) is 64.5 Å². The summed E-state index contributed by atoms with van der Waals surface area (Å²) in [6.45, 7) is 8.55. The van der Waals surface area contributed by atoms with Gasteiger partial charge in [-0.2, -0.15) is 0 Å². The van der Waals surface area contributed by atoms with Gasteiger partial charge in [-0.15, -0.1) is 0 Å². The molecule has 1 N–H and O–H groups in total. The van der Waals surface area contributed by atoms with Crippen molar-refractivity contribution in [3.63, 3.8) is 0 Å². The van der Waals surface area contributed by atoms with E-state index in [1.807, 2.05) is 29.7 Å². The van der Waals surface area contributed by atoms with Gasteiger partial charge in [0.25, 0.3) is 0 Å². The molecule has 12 heteroatoms. The Morgan fingerprint density at radius 1 is 1.11 bits per heavy atom. The van der Waals surface area contributed by atoms with E-state index in [1.165, 1.54) is 17.8 Å². The van der Waals surface area contributed by atoms with E-state index in [2.05, 4.69) is 20.2 Å². The predicted octanol–water partition coefficient (Wildman–Crippen LogP) is 2.95. The summed E-state index contributed by atoms with van der Waals surface area (Å²) in [5.41, 5.74) is 0.569. The molecule has 2 aliphatic heterocycles. The monoisotopic (exact) mass is 535 g/mol. The number of halogens is 2. The molecule has 2 saturated heterocycles. The van der Waals surface area contributed by atoms with Crippen LogP contribution in [0.2, 0.25) is 5.15 Å². The molecule has 0 saturated carbocycles. The van der Waals surface area contributed by atoms with Gasteiger partial charge in [-0.1, -0.05) is 35.5 Å². The van der Waals surface area contributed by atoms with Gasteiger partial charge in [-0.05, 0) is 26.0 Å². The lowest BCUT2D eigenvalue weighted by atomic mass is 10.2. The Balaban J connectivity index is 1.31. The Bertz CT molecular complexity index is 1090. The summed E-state index contributed by atoms with van der Waals surface area (Å²) in [6, 6.07) is 8.36. The molecule has 36 heavy (non-hydrogen) atoms. The zero-order chi connectivity index (χ0) is 25.7. The van der Waals surface area contributed by atoms with Crippen LogP contribution in [0.1, 0.15) is 13.8 Å². The number of rotatable bonds is 6. The second-order valence-corrected chi connectivity index (χ2v) is 10.1. The summed E-state index contributed by atoms with van der Waals surface area (Å²) in [4.78, 5) is 41.6. The van der Waals surface area contributed by atoms with E-state index in [1.54, 1.807) is 23.1 Å².